The molecule has 1 aliphatic rings. The van der Waals surface area contributed by atoms with Gasteiger partial charge in [-0.05, 0) is 12.1 Å². The van der Waals surface area contributed by atoms with Crippen molar-refractivity contribution >= 4 is 5.97 Å². The van der Waals surface area contributed by atoms with E-state index in [9.17, 15) is 4.79 Å². The molecular formula is C11H10IO2+. The van der Waals surface area contributed by atoms with Gasteiger partial charge in [0.05, 0.1) is 6.42 Å². The lowest BCUT2D eigenvalue weighted by Crippen LogP contribution is -3.59. The first-order chi connectivity index (χ1) is 6.84. The van der Waals surface area contributed by atoms with Crippen LogP contribution in [0.3, 0.4) is 0 Å². The zero-order valence-electron chi connectivity index (χ0n) is 7.57. The molecule has 0 bridgehead atoms. The molecule has 1 aliphatic heterocycles. The van der Waals surface area contributed by atoms with Crippen LogP contribution < -0.4 is 21.2 Å². The van der Waals surface area contributed by atoms with E-state index < -0.39 is 0 Å². The molecule has 72 valence electrons. The van der Waals surface area contributed by atoms with E-state index in [0.717, 1.165) is 12.2 Å². The van der Waals surface area contributed by atoms with Gasteiger partial charge in [-0.25, -0.2) is 0 Å². The highest BCUT2D eigenvalue weighted by Crippen LogP contribution is 2.14. The highest BCUT2D eigenvalue weighted by atomic mass is 127. The molecule has 0 aromatic heterocycles. The maximum Gasteiger partial charge on any atom is 0.353 e. The average molecular weight is 301 g/mol. The second kappa shape index (κ2) is 4.59. The lowest BCUT2D eigenvalue weighted by molar-refractivity contribution is -0.558. The normalized spacial score (nSPS) is 18.6. The molecule has 1 aromatic rings. The van der Waals surface area contributed by atoms with Crippen LogP contribution in [0.4, 0.5) is 0 Å². The topological polar surface area (TPSA) is 26.3 Å². The van der Waals surface area contributed by atoms with Crippen molar-refractivity contribution in [2.24, 2.45) is 0 Å². The second-order valence-corrected chi connectivity index (χ2v) is 5.45. The van der Waals surface area contributed by atoms with Crippen molar-refractivity contribution < 1.29 is 30.7 Å². The Labute approximate surface area is 93.2 Å². The van der Waals surface area contributed by atoms with Crippen molar-refractivity contribution in [1.82, 2.24) is 0 Å². The molecule has 1 aromatic carbocycles. The molecule has 1 fully saturated rings. The Morgan fingerprint density at radius 2 is 2.00 bits per heavy atom. The highest BCUT2D eigenvalue weighted by molar-refractivity contribution is 5.73. The third kappa shape index (κ3) is 2.57. The van der Waals surface area contributed by atoms with Crippen LogP contribution in [0.2, 0.25) is 0 Å². The predicted octanol–water partition coefficient (Wildman–Crippen LogP) is -0.876. The second-order valence-electron chi connectivity index (χ2n) is 2.95. The first kappa shape index (κ1) is 9.71. The van der Waals surface area contributed by atoms with Crippen LogP contribution in [0.25, 0.3) is 0 Å². The maximum atomic E-state index is 10.8. The van der Waals surface area contributed by atoms with E-state index >= 15 is 0 Å². The zero-order chi connectivity index (χ0) is 9.80. The van der Waals surface area contributed by atoms with Crippen molar-refractivity contribution in [3.8, 4) is 0 Å². The van der Waals surface area contributed by atoms with Crippen LogP contribution in [0.5, 0.6) is 0 Å². The number of carbonyl (C=O) groups is 1. The molecule has 3 heteroatoms. The van der Waals surface area contributed by atoms with Crippen LogP contribution in [0.15, 0.2) is 40.2 Å². The number of ether oxygens (including phenoxy) is 1. The minimum absolute atomic E-state index is 0.0895. The fraction of sp³-hybridized carbons (Fsp3) is 0.182. The summed E-state index contributed by atoms with van der Waals surface area (Å²) >= 11 is -0.145. The lowest BCUT2D eigenvalue weighted by atomic mass is 10.3. The van der Waals surface area contributed by atoms with Gasteiger partial charge in [-0.15, -0.1) is 0 Å². The Bertz CT molecular complexity index is 357. The van der Waals surface area contributed by atoms with Gasteiger partial charge in [-0.3, -0.25) is 4.79 Å². The van der Waals surface area contributed by atoms with Gasteiger partial charge in [0.15, 0.2) is 13.4 Å². The van der Waals surface area contributed by atoms with Gasteiger partial charge in [-0.2, -0.15) is 0 Å². The van der Waals surface area contributed by atoms with E-state index in [1.807, 2.05) is 18.2 Å². The predicted molar refractivity (Wildman–Crippen MR) is 48.5 cm³/mol. The molecule has 0 saturated carbocycles. The summed E-state index contributed by atoms with van der Waals surface area (Å²) in [4.78, 5) is 10.8. The monoisotopic (exact) mass is 301 g/mol. The molecule has 0 aliphatic carbocycles. The van der Waals surface area contributed by atoms with Crippen molar-refractivity contribution in [3.63, 3.8) is 0 Å². The number of rotatable bonds is 2. The molecule has 2 rings (SSSR count). The van der Waals surface area contributed by atoms with E-state index in [-0.39, 0.29) is 27.2 Å². The van der Waals surface area contributed by atoms with Crippen molar-refractivity contribution in [3.05, 3.63) is 43.7 Å². The summed E-state index contributed by atoms with van der Waals surface area (Å²) in [6.07, 6.45) is 1.33. The Hall–Kier alpha value is -0.840. The molecule has 1 heterocycles. The van der Waals surface area contributed by atoms with Crippen molar-refractivity contribution in [2.75, 3.05) is 0 Å². The van der Waals surface area contributed by atoms with Crippen LogP contribution in [0.1, 0.15) is 12.8 Å². The third-order valence-electron chi connectivity index (χ3n) is 1.86. The van der Waals surface area contributed by atoms with Gasteiger partial charge in [0, 0.05) is 6.42 Å². The summed E-state index contributed by atoms with van der Waals surface area (Å²) < 4.78 is 8.48. The summed E-state index contributed by atoms with van der Waals surface area (Å²) in [7, 11) is 0. The molecule has 0 N–H and O–H groups in total. The average Bonchev–Trinajstić information content (AvgIpc) is 2.63. The van der Waals surface area contributed by atoms with Gasteiger partial charge in [0.1, 0.15) is 0 Å². The van der Waals surface area contributed by atoms with Crippen molar-refractivity contribution in [2.45, 2.75) is 12.8 Å². The molecule has 2 nitrogen and oxygen atoms in total. The Kier molecular flexibility index (Phi) is 3.18. The summed E-state index contributed by atoms with van der Waals surface area (Å²) in [5.41, 5.74) is 0. The van der Waals surface area contributed by atoms with Gasteiger partial charge in [0.25, 0.3) is 0 Å². The summed E-state index contributed by atoms with van der Waals surface area (Å²) in [5.74, 6) is 0.778. The van der Waals surface area contributed by atoms with E-state index in [1.165, 1.54) is 3.57 Å². The number of hydrogen-bond acceptors (Lipinski definition) is 2. The van der Waals surface area contributed by atoms with Crippen LogP contribution in [0, 0.1) is 3.57 Å². The molecule has 0 unspecified atom stereocenters. The van der Waals surface area contributed by atoms with Crippen LogP contribution >= 0.6 is 0 Å². The van der Waals surface area contributed by atoms with Crippen LogP contribution in [-0.2, 0) is 9.53 Å². The summed E-state index contributed by atoms with van der Waals surface area (Å²) in [6.45, 7) is 0. The molecule has 0 amide bonds. The summed E-state index contributed by atoms with van der Waals surface area (Å²) in [6, 6.07) is 10.3. The molecule has 0 radical (unpaired) electrons. The molecule has 0 atom stereocenters. The fourth-order valence-corrected chi connectivity index (χ4v) is 3.14. The quantitative estimate of drug-likeness (QED) is 0.524. The Morgan fingerprint density at radius 3 is 2.64 bits per heavy atom. The van der Waals surface area contributed by atoms with Crippen LogP contribution in [-0.4, -0.2) is 5.97 Å². The molecule has 0 spiro atoms. The van der Waals surface area contributed by atoms with Crippen molar-refractivity contribution in [1.29, 1.82) is 0 Å². The number of hydrogen-bond donors (Lipinski definition) is 0. The summed E-state index contributed by atoms with van der Waals surface area (Å²) in [5, 5.41) is 0. The molecule has 14 heavy (non-hydrogen) atoms. The first-order valence-corrected chi connectivity index (χ1v) is 6.75. The number of esters is 1. The van der Waals surface area contributed by atoms with Gasteiger partial charge in [0.2, 0.25) is 0 Å². The lowest BCUT2D eigenvalue weighted by Gasteiger charge is -1.87. The van der Waals surface area contributed by atoms with Gasteiger partial charge in [-0.1, -0.05) is 18.2 Å². The highest BCUT2D eigenvalue weighted by Gasteiger charge is 2.20. The Balaban J connectivity index is 1.97. The van der Waals surface area contributed by atoms with E-state index in [1.54, 1.807) is 0 Å². The fourth-order valence-electron chi connectivity index (χ4n) is 1.16. The maximum absolute atomic E-state index is 10.8. The van der Waals surface area contributed by atoms with E-state index in [2.05, 4.69) is 16.2 Å². The molecular weight excluding hydrogens is 291 g/mol. The minimum Gasteiger partial charge on any atom is -0.427 e. The molecule has 1 saturated heterocycles. The van der Waals surface area contributed by atoms with E-state index in [0.29, 0.717) is 6.42 Å². The Morgan fingerprint density at radius 1 is 1.21 bits per heavy atom. The smallest absolute Gasteiger partial charge is 0.353 e. The standard InChI is InChI=1S/C11H10IO2/c13-11-7-6-10(14-11)8-12-9-4-2-1-3-5-9/h1-5,8H,6-7H2/q+1/b10-8+. The van der Waals surface area contributed by atoms with Gasteiger partial charge >= 0.3 is 27.2 Å². The van der Waals surface area contributed by atoms with E-state index in [4.69, 9.17) is 4.74 Å². The first-order valence-electron chi connectivity index (χ1n) is 4.43. The number of halogens is 1. The van der Waals surface area contributed by atoms with Gasteiger partial charge < -0.3 is 4.74 Å². The number of allylic oxidation sites excluding steroid dienone is 1. The zero-order valence-corrected chi connectivity index (χ0v) is 9.73. The number of benzene rings is 1. The largest absolute Gasteiger partial charge is 0.427 e. The number of cyclic esters (lactones) is 1. The minimum atomic E-state index is -0.145. The SMILES string of the molecule is O=C1CC/C(=C\[I+]c2ccccc2)O1. The third-order valence-corrected chi connectivity index (χ3v) is 4.30. The number of carbonyl (C=O) groups excluding carboxylic acids is 1.